The molecule has 0 bridgehead atoms. The lowest BCUT2D eigenvalue weighted by Crippen LogP contribution is -2.52. The minimum absolute atomic E-state index is 0.112. The molecule has 2 aliphatic rings. The third-order valence-corrected chi connectivity index (χ3v) is 6.94. The molecule has 0 aromatic heterocycles. The number of fused-ring (bicyclic) bond motifs is 1. The van der Waals surface area contributed by atoms with Gasteiger partial charge < -0.3 is 19.7 Å². The van der Waals surface area contributed by atoms with Gasteiger partial charge in [0.2, 0.25) is 5.91 Å². The predicted octanol–water partition coefficient (Wildman–Crippen LogP) is 4.01. The topological polar surface area (TPSA) is 50.8 Å². The van der Waals surface area contributed by atoms with Crippen molar-refractivity contribution >= 4 is 11.6 Å². The number of carbonyl (C=O) groups excluding carboxylic acids is 1. The van der Waals surface area contributed by atoms with E-state index in [0.29, 0.717) is 6.54 Å². The van der Waals surface area contributed by atoms with Crippen molar-refractivity contribution < 1.29 is 14.3 Å². The second kappa shape index (κ2) is 9.01. The first-order chi connectivity index (χ1) is 14.9. The van der Waals surface area contributed by atoms with Crippen molar-refractivity contribution in [1.82, 2.24) is 5.32 Å². The summed E-state index contributed by atoms with van der Waals surface area (Å²) >= 11 is 0. The largest absolute Gasteiger partial charge is 0.496 e. The first-order valence-electron chi connectivity index (χ1n) is 11.3. The number of carbonyl (C=O) groups is 1. The van der Waals surface area contributed by atoms with Crippen molar-refractivity contribution in [1.29, 1.82) is 0 Å². The zero-order chi connectivity index (χ0) is 22.0. The summed E-state index contributed by atoms with van der Waals surface area (Å²) in [6.45, 7) is 8.38. The molecule has 4 rings (SSSR count). The minimum Gasteiger partial charge on any atom is -0.496 e. The minimum atomic E-state index is -0.274. The third-order valence-electron chi connectivity index (χ3n) is 6.94. The molecule has 1 fully saturated rings. The highest BCUT2D eigenvalue weighted by molar-refractivity contribution is 5.99. The highest BCUT2D eigenvalue weighted by Crippen LogP contribution is 2.40. The Balaban J connectivity index is 1.54. The van der Waals surface area contributed by atoms with Gasteiger partial charge in [-0.1, -0.05) is 35.9 Å². The van der Waals surface area contributed by atoms with Gasteiger partial charge in [0.15, 0.2) is 0 Å². The smallest absolute Gasteiger partial charge is 0.244 e. The number of rotatable bonds is 6. The standard InChI is InChI=1S/C26H34N2O3/c1-18-9-10-24(30-4)22(15-18)26(11-13-31-14-12-26)17-27-20(3)25(29)28-19(2)16-21-7-5-6-8-23(21)28/h5-10,15,19-20,27H,11-14,16-17H2,1-4H3. The fraction of sp³-hybridized carbons (Fsp3) is 0.500. The van der Waals surface area contributed by atoms with Crippen LogP contribution in [0.3, 0.4) is 0 Å². The molecule has 2 aliphatic heterocycles. The van der Waals surface area contributed by atoms with Crippen LogP contribution in [0.25, 0.3) is 0 Å². The number of nitrogens with zero attached hydrogens (tertiary/aromatic N) is 1. The molecule has 1 N–H and O–H groups in total. The maximum Gasteiger partial charge on any atom is 0.244 e. The summed E-state index contributed by atoms with van der Waals surface area (Å²) in [6, 6.07) is 14.5. The molecule has 2 aromatic rings. The van der Waals surface area contributed by atoms with Crippen LogP contribution in [0, 0.1) is 6.92 Å². The van der Waals surface area contributed by atoms with Crippen LogP contribution in [0.5, 0.6) is 5.75 Å². The lowest BCUT2D eigenvalue weighted by molar-refractivity contribution is -0.120. The SMILES string of the molecule is COc1ccc(C)cc1C1(CNC(C)C(=O)N2c3ccccc3CC2C)CCOCC1. The lowest BCUT2D eigenvalue weighted by Gasteiger charge is -2.40. The van der Waals surface area contributed by atoms with E-state index in [1.807, 2.05) is 24.0 Å². The molecule has 0 saturated carbocycles. The first kappa shape index (κ1) is 21.8. The zero-order valence-corrected chi connectivity index (χ0v) is 19.1. The maximum atomic E-state index is 13.4. The molecular formula is C26H34N2O3. The third kappa shape index (κ3) is 4.21. The van der Waals surface area contributed by atoms with E-state index in [2.05, 4.69) is 49.5 Å². The van der Waals surface area contributed by atoms with Gasteiger partial charge in [-0.15, -0.1) is 0 Å². The average Bonchev–Trinajstić information content (AvgIpc) is 3.13. The van der Waals surface area contributed by atoms with E-state index in [9.17, 15) is 4.79 Å². The Morgan fingerprint density at radius 3 is 2.74 bits per heavy atom. The first-order valence-corrected chi connectivity index (χ1v) is 11.3. The summed E-state index contributed by atoms with van der Waals surface area (Å²) in [4.78, 5) is 15.4. The van der Waals surface area contributed by atoms with E-state index in [1.54, 1.807) is 7.11 Å². The van der Waals surface area contributed by atoms with Crippen LogP contribution in [0.1, 0.15) is 43.4 Å². The van der Waals surface area contributed by atoms with Crippen LogP contribution in [0.2, 0.25) is 0 Å². The molecule has 166 valence electrons. The van der Waals surface area contributed by atoms with Gasteiger partial charge in [-0.25, -0.2) is 0 Å². The molecule has 2 unspecified atom stereocenters. The van der Waals surface area contributed by atoms with E-state index in [0.717, 1.165) is 43.9 Å². The average molecular weight is 423 g/mol. The highest BCUT2D eigenvalue weighted by Gasteiger charge is 2.39. The number of amides is 1. The molecule has 0 radical (unpaired) electrons. The highest BCUT2D eigenvalue weighted by atomic mass is 16.5. The summed E-state index contributed by atoms with van der Waals surface area (Å²) < 4.78 is 11.4. The molecule has 2 atom stereocenters. The monoisotopic (exact) mass is 422 g/mol. The molecule has 5 heteroatoms. The van der Waals surface area contributed by atoms with Crippen LogP contribution in [-0.2, 0) is 21.4 Å². The molecule has 1 amide bonds. The van der Waals surface area contributed by atoms with Gasteiger partial charge >= 0.3 is 0 Å². The number of hydrogen-bond donors (Lipinski definition) is 1. The molecule has 5 nitrogen and oxygen atoms in total. The Hall–Kier alpha value is -2.37. The number of methoxy groups -OCH3 is 1. The molecule has 31 heavy (non-hydrogen) atoms. The Bertz CT molecular complexity index is 936. The Morgan fingerprint density at radius 2 is 2.00 bits per heavy atom. The zero-order valence-electron chi connectivity index (χ0n) is 19.1. The Labute approximate surface area is 185 Å². The van der Waals surface area contributed by atoms with Gasteiger partial charge in [-0.2, -0.15) is 0 Å². The second-order valence-electron chi connectivity index (χ2n) is 9.09. The van der Waals surface area contributed by atoms with Crippen LogP contribution < -0.4 is 15.0 Å². The van der Waals surface area contributed by atoms with E-state index in [1.165, 1.54) is 16.7 Å². The number of benzene rings is 2. The number of hydrogen-bond acceptors (Lipinski definition) is 4. The van der Waals surface area contributed by atoms with Crippen molar-refractivity contribution in [3.05, 3.63) is 59.2 Å². The van der Waals surface area contributed by atoms with Crippen molar-refractivity contribution in [2.75, 3.05) is 31.8 Å². The predicted molar refractivity (Wildman–Crippen MR) is 124 cm³/mol. The van der Waals surface area contributed by atoms with Gasteiger partial charge in [-0.05, 0) is 57.7 Å². The number of para-hydroxylation sites is 1. The number of aryl methyl sites for hydroxylation is 1. The summed E-state index contributed by atoms with van der Waals surface area (Å²) in [5.41, 5.74) is 4.62. The van der Waals surface area contributed by atoms with E-state index in [-0.39, 0.29) is 23.4 Å². The molecule has 2 heterocycles. The fourth-order valence-electron chi connectivity index (χ4n) is 5.09. The lowest BCUT2D eigenvalue weighted by atomic mass is 9.73. The number of nitrogens with one attached hydrogen (secondary N) is 1. The van der Waals surface area contributed by atoms with Crippen LogP contribution in [0.15, 0.2) is 42.5 Å². The molecular weight excluding hydrogens is 388 g/mol. The normalized spacial score (nSPS) is 20.9. The fourth-order valence-corrected chi connectivity index (χ4v) is 5.09. The van der Waals surface area contributed by atoms with E-state index < -0.39 is 0 Å². The van der Waals surface area contributed by atoms with Gasteiger partial charge in [-0.3, -0.25) is 4.79 Å². The molecule has 1 saturated heterocycles. The van der Waals surface area contributed by atoms with Crippen LogP contribution >= 0.6 is 0 Å². The Kier molecular flexibility index (Phi) is 6.35. The van der Waals surface area contributed by atoms with Crippen molar-refractivity contribution in [3.63, 3.8) is 0 Å². The number of ether oxygens (including phenoxy) is 2. The second-order valence-corrected chi connectivity index (χ2v) is 9.09. The summed E-state index contributed by atoms with van der Waals surface area (Å²) in [7, 11) is 1.73. The van der Waals surface area contributed by atoms with Crippen LogP contribution in [-0.4, -0.2) is 44.9 Å². The van der Waals surface area contributed by atoms with Gasteiger partial charge in [0.1, 0.15) is 5.75 Å². The van der Waals surface area contributed by atoms with E-state index in [4.69, 9.17) is 9.47 Å². The maximum absolute atomic E-state index is 13.4. The van der Waals surface area contributed by atoms with E-state index >= 15 is 0 Å². The number of anilines is 1. The molecule has 0 aliphatic carbocycles. The van der Waals surface area contributed by atoms with Crippen molar-refractivity contribution in [2.45, 2.75) is 57.5 Å². The summed E-state index contributed by atoms with van der Waals surface area (Å²) in [5.74, 6) is 1.05. The van der Waals surface area contributed by atoms with Crippen molar-refractivity contribution in [2.24, 2.45) is 0 Å². The quantitative estimate of drug-likeness (QED) is 0.764. The molecule has 2 aromatic carbocycles. The van der Waals surface area contributed by atoms with Crippen LogP contribution in [0.4, 0.5) is 5.69 Å². The summed E-state index contributed by atoms with van der Waals surface area (Å²) in [5, 5.41) is 3.59. The van der Waals surface area contributed by atoms with Gasteiger partial charge in [0, 0.05) is 42.5 Å². The molecule has 0 spiro atoms. The Morgan fingerprint density at radius 1 is 1.26 bits per heavy atom. The van der Waals surface area contributed by atoms with Crippen molar-refractivity contribution in [3.8, 4) is 5.75 Å². The van der Waals surface area contributed by atoms with Gasteiger partial charge in [0.05, 0.1) is 13.2 Å². The van der Waals surface area contributed by atoms with Gasteiger partial charge in [0.25, 0.3) is 0 Å². The summed E-state index contributed by atoms with van der Waals surface area (Å²) in [6.07, 6.45) is 2.73.